The predicted octanol–water partition coefficient (Wildman–Crippen LogP) is 2.11. The summed E-state index contributed by atoms with van der Waals surface area (Å²) in [5, 5.41) is 11.3. The van der Waals surface area contributed by atoms with Crippen LogP contribution in [-0.4, -0.2) is 25.9 Å². The van der Waals surface area contributed by atoms with Gasteiger partial charge < -0.3 is 14.6 Å². The molecule has 0 amide bonds. The van der Waals surface area contributed by atoms with Gasteiger partial charge in [-0.15, -0.1) is 0 Å². The van der Waals surface area contributed by atoms with E-state index in [1.807, 2.05) is 22.6 Å². The first kappa shape index (κ1) is 15.0. The third kappa shape index (κ3) is 2.18. The van der Waals surface area contributed by atoms with Crippen LogP contribution in [0.2, 0.25) is 0 Å². The summed E-state index contributed by atoms with van der Waals surface area (Å²) in [6, 6.07) is 12.6. The van der Waals surface area contributed by atoms with Gasteiger partial charge in [-0.3, -0.25) is 13.8 Å². The molecule has 0 bridgehead atoms. The fourth-order valence-corrected chi connectivity index (χ4v) is 3.36. The van der Waals surface area contributed by atoms with Gasteiger partial charge in [0.25, 0.3) is 5.56 Å². The molecule has 0 saturated carbocycles. The minimum Gasteiger partial charge on any atom is -0.454 e. The van der Waals surface area contributed by atoms with Gasteiger partial charge in [-0.2, -0.15) is 0 Å². The van der Waals surface area contributed by atoms with Crippen LogP contribution in [0.5, 0.6) is 11.5 Å². The van der Waals surface area contributed by atoms with E-state index in [4.69, 9.17) is 9.47 Å². The second-order valence-corrected chi connectivity index (χ2v) is 6.18. The highest BCUT2D eigenvalue weighted by atomic mass is 16.7. The predicted molar refractivity (Wildman–Crippen MR) is 94.5 cm³/mol. The molecule has 0 aliphatic carbocycles. The Morgan fingerprint density at radius 2 is 2.00 bits per heavy atom. The Morgan fingerprint density at radius 1 is 1.15 bits per heavy atom. The topological polar surface area (TPSA) is 78.0 Å². The first-order chi connectivity index (χ1) is 12.7. The summed E-state index contributed by atoms with van der Waals surface area (Å²) in [5.41, 5.74) is 1.92. The van der Waals surface area contributed by atoms with E-state index in [0.29, 0.717) is 28.1 Å². The highest BCUT2D eigenvalue weighted by Crippen LogP contribution is 2.34. The van der Waals surface area contributed by atoms with Crippen molar-refractivity contribution in [3.05, 3.63) is 70.9 Å². The normalized spacial score (nSPS) is 14.2. The fraction of sp³-hybridized carbons (Fsp3) is 0.158. The Morgan fingerprint density at radius 3 is 2.92 bits per heavy atom. The van der Waals surface area contributed by atoms with Crippen molar-refractivity contribution in [3.63, 3.8) is 0 Å². The van der Waals surface area contributed by atoms with Crippen molar-refractivity contribution >= 4 is 16.6 Å². The lowest BCUT2D eigenvalue weighted by atomic mass is 10.1. The number of fused-ring (bicyclic) bond motifs is 4. The first-order valence-electron chi connectivity index (χ1n) is 8.23. The summed E-state index contributed by atoms with van der Waals surface area (Å²) in [4.78, 5) is 17.1. The lowest BCUT2D eigenvalue weighted by molar-refractivity contribution is 0.155. The van der Waals surface area contributed by atoms with E-state index in [9.17, 15) is 9.90 Å². The van der Waals surface area contributed by atoms with Gasteiger partial charge in [0.1, 0.15) is 12.0 Å². The molecule has 1 aliphatic heterocycles. The highest BCUT2D eigenvalue weighted by Gasteiger charge is 2.19. The van der Waals surface area contributed by atoms with Gasteiger partial charge in [-0.1, -0.05) is 18.2 Å². The average molecular weight is 349 g/mol. The zero-order valence-electron chi connectivity index (χ0n) is 13.7. The number of imidazole rings is 1. The van der Waals surface area contributed by atoms with Crippen molar-refractivity contribution < 1.29 is 14.6 Å². The SMILES string of the molecule is O=c1c2ccccc2n2cncc2n1CC(O)c1ccc2c(c1)OCO2. The number of aliphatic hydroxyl groups excluding tert-OH is 1. The molecule has 1 aliphatic rings. The summed E-state index contributed by atoms with van der Waals surface area (Å²) in [6.45, 7) is 0.286. The van der Waals surface area contributed by atoms with Crippen molar-refractivity contribution in [2.75, 3.05) is 6.79 Å². The molecule has 7 nitrogen and oxygen atoms in total. The number of benzene rings is 2. The molecule has 0 radical (unpaired) electrons. The molecule has 2 aromatic carbocycles. The molecule has 1 N–H and O–H groups in total. The number of hydrogen-bond acceptors (Lipinski definition) is 5. The summed E-state index contributed by atoms with van der Waals surface area (Å²) in [5.74, 6) is 1.25. The second kappa shape index (κ2) is 5.60. The van der Waals surface area contributed by atoms with E-state index in [2.05, 4.69) is 4.98 Å². The molecular formula is C19H15N3O4. The van der Waals surface area contributed by atoms with Gasteiger partial charge in [0.05, 0.1) is 29.7 Å². The Hall–Kier alpha value is -3.32. The van der Waals surface area contributed by atoms with Gasteiger partial charge in [0.15, 0.2) is 11.5 Å². The molecule has 1 atom stereocenters. The largest absolute Gasteiger partial charge is 0.454 e. The van der Waals surface area contributed by atoms with Crippen LogP contribution >= 0.6 is 0 Å². The van der Waals surface area contributed by atoms with E-state index < -0.39 is 6.10 Å². The minimum absolute atomic E-state index is 0.110. The zero-order chi connectivity index (χ0) is 17.7. The van der Waals surface area contributed by atoms with Crippen LogP contribution in [0, 0.1) is 0 Å². The molecule has 0 saturated heterocycles. The maximum absolute atomic E-state index is 13.0. The van der Waals surface area contributed by atoms with Crippen LogP contribution in [0.1, 0.15) is 11.7 Å². The molecule has 0 spiro atoms. The van der Waals surface area contributed by atoms with Crippen molar-refractivity contribution in [2.24, 2.45) is 0 Å². The van der Waals surface area contributed by atoms with E-state index in [1.54, 1.807) is 41.4 Å². The van der Waals surface area contributed by atoms with Crippen LogP contribution in [0.15, 0.2) is 59.8 Å². The maximum Gasteiger partial charge on any atom is 0.261 e. The quantitative estimate of drug-likeness (QED) is 0.613. The Bertz CT molecular complexity index is 1190. The van der Waals surface area contributed by atoms with Gasteiger partial charge in [-0.25, -0.2) is 4.98 Å². The molecule has 26 heavy (non-hydrogen) atoms. The first-order valence-corrected chi connectivity index (χ1v) is 8.23. The molecule has 130 valence electrons. The Kier molecular flexibility index (Phi) is 3.23. The van der Waals surface area contributed by atoms with Crippen LogP contribution in [0.25, 0.3) is 16.6 Å². The summed E-state index contributed by atoms with van der Waals surface area (Å²) < 4.78 is 14.1. The Labute approximate surface area is 147 Å². The Balaban J connectivity index is 1.61. The van der Waals surface area contributed by atoms with Crippen LogP contribution in [0.3, 0.4) is 0 Å². The molecule has 4 aromatic rings. The van der Waals surface area contributed by atoms with Crippen LogP contribution in [-0.2, 0) is 6.54 Å². The summed E-state index contributed by atoms with van der Waals surface area (Å²) in [6.07, 6.45) is 2.42. The number of rotatable bonds is 3. The standard InChI is InChI=1S/C19H15N3O4/c23-15(12-5-6-16-17(7-12)26-11-25-16)9-21-18-8-20-10-22(18)14-4-2-1-3-13(14)19(21)24/h1-8,10,15,23H,9,11H2. The number of nitrogens with zero attached hydrogens (tertiary/aromatic N) is 3. The van der Waals surface area contributed by atoms with E-state index >= 15 is 0 Å². The van der Waals surface area contributed by atoms with Gasteiger partial charge in [-0.05, 0) is 29.8 Å². The molecule has 3 heterocycles. The van der Waals surface area contributed by atoms with Gasteiger partial charge in [0.2, 0.25) is 6.79 Å². The number of aromatic nitrogens is 3. The lowest BCUT2D eigenvalue weighted by Gasteiger charge is -2.16. The maximum atomic E-state index is 13.0. The zero-order valence-corrected chi connectivity index (χ0v) is 13.7. The van der Waals surface area contributed by atoms with Crippen molar-refractivity contribution in [3.8, 4) is 11.5 Å². The number of aliphatic hydroxyl groups is 1. The number of hydrogen-bond donors (Lipinski definition) is 1. The number of para-hydroxylation sites is 1. The fourth-order valence-electron chi connectivity index (χ4n) is 3.36. The average Bonchev–Trinajstić information content (AvgIpc) is 3.33. The lowest BCUT2D eigenvalue weighted by Crippen LogP contribution is -2.25. The summed E-state index contributed by atoms with van der Waals surface area (Å²) in [7, 11) is 0. The van der Waals surface area contributed by atoms with Gasteiger partial charge >= 0.3 is 0 Å². The second-order valence-electron chi connectivity index (χ2n) is 6.18. The molecule has 2 aromatic heterocycles. The van der Waals surface area contributed by atoms with E-state index in [-0.39, 0.29) is 18.9 Å². The smallest absolute Gasteiger partial charge is 0.261 e. The van der Waals surface area contributed by atoms with Crippen molar-refractivity contribution in [2.45, 2.75) is 12.6 Å². The molecule has 5 rings (SSSR count). The van der Waals surface area contributed by atoms with E-state index in [1.165, 1.54) is 0 Å². The van der Waals surface area contributed by atoms with Crippen molar-refractivity contribution in [1.29, 1.82) is 0 Å². The minimum atomic E-state index is -0.873. The monoisotopic (exact) mass is 349 g/mol. The highest BCUT2D eigenvalue weighted by molar-refractivity contribution is 5.80. The van der Waals surface area contributed by atoms with Crippen LogP contribution in [0.4, 0.5) is 0 Å². The van der Waals surface area contributed by atoms with E-state index in [0.717, 1.165) is 5.52 Å². The third-order valence-electron chi connectivity index (χ3n) is 4.67. The molecule has 7 heteroatoms. The van der Waals surface area contributed by atoms with Crippen molar-refractivity contribution in [1.82, 2.24) is 14.0 Å². The molecule has 0 fully saturated rings. The third-order valence-corrected chi connectivity index (χ3v) is 4.67. The molecular weight excluding hydrogens is 334 g/mol. The van der Waals surface area contributed by atoms with Crippen LogP contribution < -0.4 is 15.0 Å². The molecule has 1 unspecified atom stereocenters. The number of ether oxygens (including phenoxy) is 2. The van der Waals surface area contributed by atoms with Gasteiger partial charge in [0, 0.05) is 0 Å². The summed E-state index contributed by atoms with van der Waals surface area (Å²) >= 11 is 0.